The lowest BCUT2D eigenvalue weighted by Crippen LogP contribution is -2.34. The van der Waals surface area contributed by atoms with Crippen molar-refractivity contribution in [2.24, 2.45) is 0 Å². The molecule has 7 nitrogen and oxygen atoms in total. The van der Waals surface area contributed by atoms with Gasteiger partial charge in [-0.05, 0) is 23.8 Å². The second kappa shape index (κ2) is 9.22. The Bertz CT molecular complexity index is 774. The van der Waals surface area contributed by atoms with Gasteiger partial charge in [0.15, 0.2) is 6.61 Å². The molecule has 0 saturated heterocycles. The largest absolute Gasteiger partial charge is 0.497 e. The van der Waals surface area contributed by atoms with Crippen molar-refractivity contribution in [3.05, 3.63) is 76.9 Å². The summed E-state index contributed by atoms with van der Waals surface area (Å²) in [5.74, 6) is 0.770. The number of benzene rings is 2. The molecule has 2 aromatic carbocycles. The first kappa shape index (κ1) is 19.0. The topological polar surface area (TPSA) is 81.9 Å². The van der Waals surface area contributed by atoms with Gasteiger partial charge in [0.05, 0.1) is 18.1 Å². The standard InChI is InChI=1S/C19H20N2O5/c1-3-11-20(13-15-7-9-17(25-2)10-8-15)19(22)14-26-18-6-4-5-16(12-18)21(23)24/h3-10,12H,1,11,13-14H2,2H3. The van der Waals surface area contributed by atoms with E-state index in [4.69, 9.17) is 9.47 Å². The highest BCUT2D eigenvalue weighted by Gasteiger charge is 2.14. The normalized spacial score (nSPS) is 10.0. The average molecular weight is 356 g/mol. The van der Waals surface area contributed by atoms with Crippen molar-refractivity contribution in [2.75, 3.05) is 20.3 Å². The summed E-state index contributed by atoms with van der Waals surface area (Å²) in [5, 5.41) is 10.8. The van der Waals surface area contributed by atoms with E-state index < -0.39 is 4.92 Å². The molecule has 0 saturated carbocycles. The maximum absolute atomic E-state index is 12.4. The number of ether oxygens (including phenoxy) is 2. The fourth-order valence-corrected chi connectivity index (χ4v) is 2.28. The van der Waals surface area contributed by atoms with Crippen molar-refractivity contribution in [1.82, 2.24) is 4.90 Å². The first-order valence-electron chi connectivity index (χ1n) is 7.92. The lowest BCUT2D eigenvalue weighted by Gasteiger charge is -2.21. The van der Waals surface area contributed by atoms with E-state index in [1.807, 2.05) is 24.3 Å². The second-order valence-corrected chi connectivity index (χ2v) is 5.45. The predicted octanol–water partition coefficient (Wildman–Crippen LogP) is 3.20. The summed E-state index contributed by atoms with van der Waals surface area (Å²) in [7, 11) is 1.59. The zero-order valence-electron chi connectivity index (χ0n) is 14.5. The monoisotopic (exact) mass is 356 g/mol. The molecule has 0 unspecified atom stereocenters. The van der Waals surface area contributed by atoms with E-state index in [-0.39, 0.29) is 24.0 Å². The van der Waals surface area contributed by atoms with Crippen LogP contribution in [0.2, 0.25) is 0 Å². The number of carbonyl (C=O) groups is 1. The Hall–Kier alpha value is -3.35. The molecular weight excluding hydrogens is 336 g/mol. The molecule has 0 spiro atoms. The summed E-state index contributed by atoms with van der Waals surface area (Å²) in [6.07, 6.45) is 1.63. The van der Waals surface area contributed by atoms with Gasteiger partial charge in [0, 0.05) is 19.2 Å². The first-order valence-corrected chi connectivity index (χ1v) is 7.92. The van der Waals surface area contributed by atoms with Gasteiger partial charge in [-0.1, -0.05) is 24.3 Å². The van der Waals surface area contributed by atoms with Gasteiger partial charge in [0.25, 0.3) is 11.6 Å². The maximum Gasteiger partial charge on any atom is 0.273 e. The highest BCUT2D eigenvalue weighted by molar-refractivity contribution is 5.78. The molecule has 0 fully saturated rings. The van der Waals surface area contributed by atoms with Crippen molar-refractivity contribution in [1.29, 1.82) is 0 Å². The van der Waals surface area contributed by atoms with E-state index in [0.717, 1.165) is 11.3 Å². The van der Waals surface area contributed by atoms with E-state index in [1.54, 1.807) is 24.2 Å². The van der Waals surface area contributed by atoms with Crippen LogP contribution >= 0.6 is 0 Å². The Labute approximate surface area is 151 Å². The molecule has 2 rings (SSSR count). The van der Waals surface area contributed by atoms with Gasteiger partial charge in [0.2, 0.25) is 0 Å². The molecule has 136 valence electrons. The van der Waals surface area contributed by atoms with E-state index in [9.17, 15) is 14.9 Å². The summed E-state index contributed by atoms with van der Waals surface area (Å²) in [6, 6.07) is 13.1. The third-order valence-corrected chi connectivity index (χ3v) is 3.63. The molecule has 2 aromatic rings. The van der Waals surface area contributed by atoms with Crippen LogP contribution in [0.25, 0.3) is 0 Å². The third-order valence-electron chi connectivity index (χ3n) is 3.63. The quantitative estimate of drug-likeness (QED) is 0.391. The van der Waals surface area contributed by atoms with Crippen molar-refractivity contribution >= 4 is 11.6 Å². The number of rotatable bonds is 9. The van der Waals surface area contributed by atoms with Gasteiger partial charge in [-0.15, -0.1) is 6.58 Å². The van der Waals surface area contributed by atoms with E-state index >= 15 is 0 Å². The van der Waals surface area contributed by atoms with Crippen LogP contribution in [-0.2, 0) is 11.3 Å². The molecule has 0 aromatic heterocycles. The average Bonchev–Trinajstić information content (AvgIpc) is 2.66. The van der Waals surface area contributed by atoms with Crippen molar-refractivity contribution in [3.8, 4) is 11.5 Å². The molecule has 0 atom stereocenters. The van der Waals surface area contributed by atoms with Crippen LogP contribution in [0.4, 0.5) is 5.69 Å². The highest BCUT2D eigenvalue weighted by Crippen LogP contribution is 2.19. The Morgan fingerprint density at radius 1 is 1.23 bits per heavy atom. The van der Waals surface area contributed by atoms with Gasteiger partial charge >= 0.3 is 0 Å². The number of amides is 1. The minimum absolute atomic E-state index is 0.0869. The lowest BCUT2D eigenvalue weighted by molar-refractivity contribution is -0.384. The van der Waals surface area contributed by atoms with Crippen LogP contribution in [0, 0.1) is 10.1 Å². The molecule has 26 heavy (non-hydrogen) atoms. The number of non-ortho nitro benzene ring substituents is 1. The fourth-order valence-electron chi connectivity index (χ4n) is 2.28. The number of nitro groups is 1. The molecule has 0 aliphatic rings. The van der Waals surface area contributed by atoms with Crippen LogP contribution < -0.4 is 9.47 Å². The second-order valence-electron chi connectivity index (χ2n) is 5.45. The summed E-state index contributed by atoms with van der Waals surface area (Å²) in [6.45, 7) is 4.21. The molecule has 7 heteroatoms. The number of nitrogens with zero attached hydrogens (tertiary/aromatic N) is 2. The van der Waals surface area contributed by atoms with Gasteiger partial charge in [-0.25, -0.2) is 0 Å². The smallest absolute Gasteiger partial charge is 0.273 e. The number of carbonyl (C=O) groups excluding carboxylic acids is 1. The molecule has 0 radical (unpaired) electrons. The van der Waals surface area contributed by atoms with Crippen molar-refractivity contribution in [2.45, 2.75) is 6.54 Å². The highest BCUT2D eigenvalue weighted by atomic mass is 16.6. The SMILES string of the molecule is C=CCN(Cc1ccc(OC)cc1)C(=O)COc1cccc([N+](=O)[O-])c1. The molecule has 1 amide bonds. The Morgan fingerprint density at radius 2 is 1.96 bits per heavy atom. The van der Waals surface area contributed by atoms with E-state index in [0.29, 0.717) is 13.1 Å². The van der Waals surface area contributed by atoms with E-state index in [1.165, 1.54) is 18.2 Å². The Balaban J connectivity index is 1.99. The molecule has 0 N–H and O–H groups in total. The zero-order chi connectivity index (χ0) is 18.9. The Morgan fingerprint density at radius 3 is 2.58 bits per heavy atom. The first-order chi connectivity index (χ1) is 12.5. The summed E-state index contributed by atoms with van der Waals surface area (Å²) >= 11 is 0. The van der Waals surface area contributed by atoms with E-state index in [2.05, 4.69) is 6.58 Å². The van der Waals surface area contributed by atoms with Crippen LogP contribution in [-0.4, -0.2) is 36.0 Å². The molecular formula is C19H20N2O5. The van der Waals surface area contributed by atoms with Gasteiger partial charge < -0.3 is 14.4 Å². The van der Waals surface area contributed by atoms with Crippen LogP contribution in [0.5, 0.6) is 11.5 Å². The minimum Gasteiger partial charge on any atom is -0.497 e. The summed E-state index contributed by atoms with van der Waals surface area (Å²) in [5.41, 5.74) is 0.854. The maximum atomic E-state index is 12.4. The number of methoxy groups -OCH3 is 1. The van der Waals surface area contributed by atoms with Crippen molar-refractivity contribution in [3.63, 3.8) is 0 Å². The van der Waals surface area contributed by atoms with Gasteiger partial charge in [0.1, 0.15) is 11.5 Å². The summed E-state index contributed by atoms with van der Waals surface area (Å²) < 4.78 is 10.5. The van der Waals surface area contributed by atoms with Crippen LogP contribution in [0.3, 0.4) is 0 Å². The van der Waals surface area contributed by atoms with Crippen LogP contribution in [0.15, 0.2) is 61.2 Å². The molecule has 0 bridgehead atoms. The summed E-state index contributed by atoms with van der Waals surface area (Å²) in [4.78, 5) is 24.3. The molecule has 0 heterocycles. The third kappa shape index (κ3) is 5.34. The van der Waals surface area contributed by atoms with Gasteiger partial charge in [-0.3, -0.25) is 14.9 Å². The number of hydrogen-bond donors (Lipinski definition) is 0. The van der Waals surface area contributed by atoms with Crippen LogP contribution in [0.1, 0.15) is 5.56 Å². The van der Waals surface area contributed by atoms with Gasteiger partial charge in [-0.2, -0.15) is 0 Å². The zero-order valence-corrected chi connectivity index (χ0v) is 14.5. The number of hydrogen-bond acceptors (Lipinski definition) is 5. The fraction of sp³-hybridized carbons (Fsp3) is 0.211. The predicted molar refractivity (Wildman–Crippen MR) is 97.2 cm³/mol. The lowest BCUT2D eigenvalue weighted by atomic mass is 10.2. The Kier molecular flexibility index (Phi) is 6.73. The number of nitro benzene ring substituents is 1. The molecule has 0 aliphatic heterocycles. The minimum atomic E-state index is -0.512. The van der Waals surface area contributed by atoms with Crippen molar-refractivity contribution < 1.29 is 19.2 Å². The molecule has 0 aliphatic carbocycles.